The molecule has 0 spiro atoms. The average molecular weight is 341 g/mol. The number of ether oxygens (including phenoxy) is 3. The molecule has 0 saturated heterocycles. The summed E-state index contributed by atoms with van der Waals surface area (Å²) in [7, 11) is 0. The Morgan fingerprint density at radius 1 is 1.30 bits per heavy atom. The van der Waals surface area contributed by atoms with Gasteiger partial charge in [-0.2, -0.15) is 0 Å². The van der Waals surface area contributed by atoms with Gasteiger partial charge in [0.15, 0.2) is 11.5 Å². The Morgan fingerprint density at radius 3 is 2.70 bits per heavy atom. The number of hydrogen-bond acceptors (Lipinski definition) is 4. The number of hydrogen-bond donors (Lipinski definition) is 0. The van der Waals surface area contributed by atoms with Crippen LogP contribution < -0.4 is 9.47 Å². The molecule has 0 bridgehead atoms. The van der Waals surface area contributed by atoms with Crippen molar-refractivity contribution in [2.45, 2.75) is 26.4 Å². The number of fused-ring (bicyclic) bond motifs is 1. The molecular weight excluding hydrogens is 324 g/mol. The Bertz CT molecular complexity index is 544. The predicted molar refractivity (Wildman–Crippen MR) is 80.0 cm³/mol. The van der Waals surface area contributed by atoms with Crippen LogP contribution in [0, 0.1) is 0 Å². The van der Waals surface area contributed by atoms with Crippen LogP contribution in [0.1, 0.15) is 26.3 Å². The van der Waals surface area contributed by atoms with E-state index < -0.39 is 5.60 Å². The Labute approximate surface area is 126 Å². The highest BCUT2D eigenvalue weighted by molar-refractivity contribution is 9.10. The van der Waals surface area contributed by atoms with Crippen LogP contribution in [0.5, 0.6) is 11.5 Å². The first-order valence-electron chi connectivity index (χ1n) is 6.35. The number of esters is 1. The van der Waals surface area contributed by atoms with Crippen LogP contribution in [0.4, 0.5) is 0 Å². The third-order valence-corrected chi connectivity index (χ3v) is 3.03. The first-order valence-corrected chi connectivity index (χ1v) is 7.15. The van der Waals surface area contributed by atoms with Gasteiger partial charge in [0.05, 0.1) is 4.47 Å². The van der Waals surface area contributed by atoms with Crippen molar-refractivity contribution >= 4 is 28.0 Å². The van der Waals surface area contributed by atoms with E-state index in [1.165, 1.54) is 6.08 Å². The van der Waals surface area contributed by atoms with Gasteiger partial charge in [0, 0.05) is 6.08 Å². The van der Waals surface area contributed by atoms with Gasteiger partial charge in [-0.15, -0.1) is 0 Å². The van der Waals surface area contributed by atoms with Gasteiger partial charge in [0.25, 0.3) is 0 Å². The number of halogens is 1. The quantitative estimate of drug-likeness (QED) is 0.609. The van der Waals surface area contributed by atoms with Crippen LogP contribution in [-0.2, 0) is 9.53 Å². The molecule has 1 aromatic rings. The lowest BCUT2D eigenvalue weighted by Gasteiger charge is -2.20. The van der Waals surface area contributed by atoms with E-state index in [1.54, 1.807) is 6.08 Å². The summed E-state index contributed by atoms with van der Waals surface area (Å²) in [5.41, 5.74) is 0.349. The van der Waals surface area contributed by atoms with Gasteiger partial charge >= 0.3 is 5.97 Å². The second-order valence-corrected chi connectivity index (χ2v) is 6.25. The van der Waals surface area contributed by atoms with E-state index in [9.17, 15) is 4.79 Å². The first kappa shape index (κ1) is 14.9. The minimum Gasteiger partial charge on any atom is -0.486 e. The fraction of sp³-hybridized carbons (Fsp3) is 0.400. The number of benzene rings is 1. The molecule has 0 fully saturated rings. The van der Waals surface area contributed by atoms with Gasteiger partial charge in [0.2, 0.25) is 0 Å². The van der Waals surface area contributed by atoms with E-state index in [1.807, 2.05) is 32.9 Å². The zero-order valence-corrected chi connectivity index (χ0v) is 13.3. The molecule has 0 aromatic heterocycles. The minimum atomic E-state index is -0.491. The topological polar surface area (TPSA) is 44.8 Å². The maximum atomic E-state index is 11.6. The molecule has 4 nitrogen and oxygen atoms in total. The minimum absolute atomic E-state index is 0.372. The van der Waals surface area contributed by atoms with Crippen molar-refractivity contribution in [2.75, 3.05) is 13.2 Å². The summed E-state index contributed by atoms with van der Waals surface area (Å²) in [6.45, 7) is 6.57. The van der Waals surface area contributed by atoms with Gasteiger partial charge in [-0.3, -0.25) is 0 Å². The van der Waals surface area contributed by atoms with E-state index in [4.69, 9.17) is 14.2 Å². The smallest absolute Gasteiger partial charge is 0.331 e. The fourth-order valence-corrected chi connectivity index (χ4v) is 2.30. The van der Waals surface area contributed by atoms with Crippen LogP contribution in [0.2, 0.25) is 0 Å². The molecule has 1 aliphatic heterocycles. The third kappa shape index (κ3) is 4.00. The van der Waals surface area contributed by atoms with E-state index in [2.05, 4.69) is 15.9 Å². The maximum Gasteiger partial charge on any atom is 0.331 e. The van der Waals surface area contributed by atoms with Crippen LogP contribution in [0.3, 0.4) is 0 Å². The van der Waals surface area contributed by atoms with Gasteiger partial charge < -0.3 is 14.2 Å². The third-order valence-electron chi connectivity index (χ3n) is 2.44. The normalized spacial score (nSPS) is 14.4. The molecule has 1 heterocycles. The largest absolute Gasteiger partial charge is 0.486 e. The number of carbonyl (C=O) groups excluding carboxylic acids is 1. The Balaban J connectivity index is 2.14. The van der Waals surface area contributed by atoms with Crippen LogP contribution in [-0.4, -0.2) is 24.8 Å². The standard InChI is InChI=1S/C15H17BrO4/c1-15(2,3)20-13(17)5-4-10-8-11(16)14-12(9-10)18-6-7-19-14/h4-5,8-9H,6-7H2,1-3H3/b5-4+. The van der Waals surface area contributed by atoms with Crippen molar-refractivity contribution in [3.8, 4) is 11.5 Å². The molecule has 1 aromatic carbocycles. The molecule has 1 aliphatic rings. The van der Waals surface area contributed by atoms with E-state index in [0.717, 1.165) is 10.0 Å². The molecule has 2 rings (SSSR count). The Kier molecular flexibility index (Phi) is 4.38. The lowest BCUT2D eigenvalue weighted by atomic mass is 10.1. The van der Waals surface area contributed by atoms with Crippen LogP contribution in [0.15, 0.2) is 22.7 Å². The molecule has 0 N–H and O–H groups in total. The highest BCUT2D eigenvalue weighted by Crippen LogP contribution is 2.38. The van der Waals surface area contributed by atoms with Crippen molar-refractivity contribution < 1.29 is 19.0 Å². The zero-order chi connectivity index (χ0) is 14.8. The summed E-state index contributed by atoms with van der Waals surface area (Å²) in [6.07, 6.45) is 3.10. The van der Waals surface area contributed by atoms with Crippen LogP contribution >= 0.6 is 15.9 Å². The Morgan fingerprint density at radius 2 is 2.00 bits per heavy atom. The molecule has 0 amide bonds. The van der Waals surface area contributed by atoms with E-state index in [0.29, 0.717) is 24.7 Å². The van der Waals surface area contributed by atoms with E-state index in [-0.39, 0.29) is 5.97 Å². The first-order chi connectivity index (χ1) is 9.35. The van der Waals surface area contributed by atoms with Crippen molar-refractivity contribution in [3.63, 3.8) is 0 Å². The monoisotopic (exact) mass is 340 g/mol. The second-order valence-electron chi connectivity index (χ2n) is 5.39. The lowest BCUT2D eigenvalue weighted by Crippen LogP contribution is -2.22. The van der Waals surface area contributed by atoms with Crippen molar-refractivity contribution in [2.24, 2.45) is 0 Å². The van der Waals surface area contributed by atoms with Crippen molar-refractivity contribution in [3.05, 3.63) is 28.2 Å². The molecule has 0 radical (unpaired) electrons. The second kappa shape index (κ2) is 5.87. The maximum absolute atomic E-state index is 11.6. The summed E-state index contributed by atoms with van der Waals surface area (Å²) in [5, 5.41) is 0. The summed E-state index contributed by atoms with van der Waals surface area (Å²) in [4.78, 5) is 11.6. The van der Waals surface area contributed by atoms with Gasteiger partial charge in [-0.25, -0.2) is 4.79 Å². The summed E-state index contributed by atoms with van der Waals surface area (Å²) in [5.74, 6) is 1.00. The zero-order valence-electron chi connectivity index (χ0n) is 11.7. The van der Waals surface area contributed by atoms with Gasteiger partial charge in [-0.05, 0) is 60.5 Å². The van der Waals surface area contributed by atoms with Gasteiger partial charge in [0.1, 0.15) is 18.8 Å². The number of rotatable bonds is 2. The van der Waals surface area contributed by atoms with Crippen molar-refractivity contribution in [1.29, 1.82) is 0 Å². The SMILES string of the molecule is CC(C)(C)OC(=O)/C=C/c1cc(Br)c2c(c1)OCCO2. The molecule has 5 heteroatoms. The molecule has 0 saturated carbocycles. The molecule has 0 unspecified atom stereocenters. The summed E-state index contributed by atoms with van der Waals surface area (Å²) < 4.78 is 17.1. The molecule has 0 aliphatic carbocycles. The lowest BCUT2D eigenvalue weighted by molar-refractivity contribution is -0.148. The predicted octanol–water partition coefficient (Wildman–Crippen LogP) is 3.58. The molecule has 108 valence electrons. The van der Waals surface area contributed by atoms with E-state index >= 15 is 0 Å². The highest BCUT2D eigenvalue weighted by atomic mass is 79.9. The Hall–Kier alpha value is -1.49. The van der Waals surface area contributed by atoms with Crippen molar-refractivity contribution in [1.82, 2.24) is 0 Å². The summed E-state index contributed by atoms with van der Waals surface area (Å²) in [6, 6.07) is 3.70. The molecule has 20 heavy (non-hydrogen) atoms. The summed E-state index contributed by atoms with van der Waals surface area (Å²) >= 11 is 3.43. The highest BCUT2D eigenvalue weighted by Gasteiger charge is 2.16. The fourth-order valence-electron chi connectivity index (χ4n) is 1.73. The number of carbonyl (C=O) groups is 1. The molecule has 0 atom stereocenters. The van der Waals surface area contributed by atoms with Gasteiger partial charge in [-0.1, -0.05) is 0 Å². The molecular formula is C15H17BrO4. The van der Waals surface area contributed by atoms with Crippen LogP contribution in [0.25, 0.3) is 6.08 Å². The average Bonchev–Trinajstić information content (AvgIpc) is 2.34.